The van der Waals surface area contributed by atoms with Crippen LogP contribution in [0.5, 0.6) is 0 Å². The number of hydrogen-bond donors (Lipinski definition) is 1. The molecule has 1 saturated carbocycles. The van der Waals surface area contributed by atoms with Crippen molar-refractivity contribution in [3.8, 4) is 11.1 Å². The molecule has 4 nitrogen and oxygen atoms in total. The highest BCUT2D eigenvalue weighted by molar-refractivity contribution is 5.62. The number of nitrogens with one attached hydrogen (secondary N) is 1. The van der Waals surface area contributed by atoms with E-state index in [4.69, 9.17) is 4.74 Å². The van der Waals surface area contributed by atoms with Crippen molar-refractivity contribution in [1.82, 2.24) is 9.88 Å². The highest BCUT2D eigenvalue weighted by Crippen LogP contribution is 2.51. The molecule has 1 aliphatic carbocycles. The average molecular weight is 352 g/mol. The van der Waals surface area contributed by atoms with E-state index in [1.807, 2.05) is 54.3 Å². The average Bonchev–Trinajstić information content (AvgIpc) is 3.16. The number of methoxy groups -OCH3 is 1. The zero-order valence-corrected chi connectivity index (χ0v) is 15.5. The van der Waals surface area contributed by atoms with Crippen LogP contribution in [0.3, 0.4) is 0 Å². The van der Waals surface area contributed by atoms with Crippen LogP contribution in [0.25, 0.3) is 11.1 Å². The first-order valence-electron chi connectivity index (χ1n) is 9.70. The van der Waals surface area contributed by atoms with Gasteiger partial charge in [-0.25, -0.2) is 0 Å². The Kier molecular flexibility index (Phi) is 4.72. The van der Waals surface area contributed by atoms with E-state index in [0.29, 0.717) is 6.54 Å². The molecule has 138 valence electrons. The first kappa shape index (κ1) is 17.5. The number of rotatable bonds is 4. The molecule has 1 aliphatic heterocycles. The van der Waals surface area contributed by atoms with Crippen LogP contribution in [0.2, 0.25) is 0 Å². The maximum atomic E-state index is 12.8. The minimum atomic E-state index is -0.257. The van der Waals surface area contributed by atoms with Crippen LogP contribution in [0, 0.1) is 5.41 Å². The Morgan fingerprint density at radius 3 is 2.54 bits per heavy atom. The van der Waals surface area contributed by atoms with Crippen LogP contribution in [0.4, 0.5) is 0 Å². The van der Waals surface area contributed by atoms with Crippen LogP contribution < -0.4 is 10.9 Å². The van der Waals surface area contributed by atoms with Crippen molar-refractivity contribution in [1.29, 1.82) is 0 Å². The second kappa shape index (κ2) is 7.01. The van der Waals surface area contributed by atoms with Crippen molar-refractivity contribution in [3.63, 3.8) is 0 Å². The third kappa shape index (κ3) is 2.91. The Morgan fingerprint density at radius 2 is 1.85 bits per heavy atom. The molecule has 1 spiro atoms. The van der Waals surface area contributed by atoms with Gasteiger partial charge in [-0.2, -0.15) is 0 Å². The predicted octanol–water partition coefficient (Wildman–Crippen LogP) is 3.45. The lowest BCUT2D eigenvalue weighted by Crippen LogP contribution is -2.61. The summed E-state index contributed by atoms with van der Waals surface area (Å²) in [7, 11) is 1.83. The Labute approximate surface area is 155 Å². The molecule has 2 fully saturated rings. The largest absolute Gasteiger partial charge is 0.376 e. The molecule has 1 aromatic heterocycles. The van der Waals surface area contributed by atoms with E-state index in [1.165, 1.54) is 25.7 Å². The van der Waals surface area contributed by atoms with E-state index in [1.54, 1.807) is 6.07 Å². The number of piperidine rings is 1. The molecule has 2 aromatic rings. The van der Waals surface area contributed by atoms with Crippen LogP contribution >= 0.6 is 0 Å². The van der Waals surface area contributed by atoms with Crippen LogP contribution in [0.1, 0.15) is 32.1 Å². The van der Waals surface area contributed by atoms with E-state index < -0.39 is 0 Å². The Bertz CT molecular complexity index is 808. The summed E-state index contributed by atoms with van der Waals surface area (Å²) in [6, 6.07) is 13.9. The molecule has 4 rings (SSSR count). The van der Waals surface area contributed by atoms with E-state index in [-0.39, 0.29) is 16.6 Å². The van der Waals surface area contributed by atoms with Gasteiger partial charge in [-0.3, -0.25) is 4.79 Å². The Balaban J connectivity index is 1.66. The van der Waals surface area contributed by atoms with Gasteiger partial charge in [0.15, 0.2) is 0 Å². The number of pyridine rings is 1. The topological polar surface area (TPSA) is 43.3 Å². The fourth-order valence-corrected chi connectivity index (χ4v) is 5.08. The molecule has 1 saturated heterocycles. The standard InChI is InChI=1S/C22H28N2O2/c1-26-22(12-13-23-16-21(22)10-5-6-11-21)17-24-14-9-19(15-20(24)25)18-7-3-2-4-8-18/h2-4,7-9,14-15,23H,5-6,10-13,16-17H2,1H3. The fourth-order valence-electron chi connectivity index (χ4n) is 5.08. The first-order chi connectivity index (χ1) is 12.7. The smallest absolute Gasteiger partial charge is 0.251 e. The van der Waals surface area contributed by atoms with Crippen molar-refractivity contribution in [3.05, 3.63) is 59.0 Å². The van der Waals surface area contributed by atoms with Gasteiger partial charge in [0.05, 0.1) is 12.1 Å². The quantitative estimate of drug-likeness (QED) is 0.916. The van der Waals surface area contributed by atoms with Gasteiger partial charge in [0.1, 0.15) is 0 Å². The number of benzene rings is 1. The Hall–Kier alpha value is -1.91. The summed E-state index contributed by atoms with van der Waals surface area (Å²) < 4.78 is 8.04. The summed E-state index contributed by atoms with van der Waals surface area (Å²) in [6.45, 7) is 2.59. The minimum Gasteiger partial charge on any atom is -0.376 e. The lowest BCUT2D eigenvalue weighted by Gasteiger charge is -2.51. The molecule has 0 bridgehead atoms. The third-order valence-corrected chi connectivity index (χ3v) is 6.62. The fraction of sp³-hybridized carbons (Fsp3) is 0.500. The lowest BCUT2D eigenvalue weighted by molar-refractivity contribution is -0.141. The molecule has 0 radical (unpaired) electrons. The van der Waals surface area contributed by atoms with Crippen molar-refractivity contribution in [2.75, 3.05) is 20.2 Å². The van der Waals surface area contributed by atoms with Crippen LogP contribution in [-0.4, -0.2) is 30.4 Å². The molecule has 1 N–H and O–H groups in total. The van der Waals surface area contributed by atoms with Gasteiger partial charge in [0.25, 0.3) is 5.56 Å². The maximum absolute atomic E-state index is 12.8. The number of hydrogen-bond acceptors (Lipinski definition) is 3. The Morgan fingerprint density at radius 1 is 1.08 bits per heavy atom. The number of nitrogens with zero attached hydrogens (tertiary/aromatic N) is 1. The van der Waals surface area contributed by atoms with Crippen LogP contribution in [-0.2, 0) is 11.3 Å². The van der Waals surface area contributed by atoms with Gasteiger partial charge in [0, 0.05) is 31.3 Å². The van der Waals surface area contributed by atoms with Gasteiger partial charge in [0.2, 0.25) is 0 Å². The SMILES string of the molecule is COC1(Cn2ccc(-c3ccccc3)cc2=O)CCNCC12CCCC2. The molecule has 4 heteroatoms. The normalized spacial score (nSPS) is 24.8. The van der Waals surface area contributed by atoms with Gasteiger partial charge >= 0.3 is 0 Å². The molecule has 1 atom stereocenters. The van der Waals surface area contributed by atoms with E-state index in [9.17, 15) is 4.79 Å². The molecular weight excluding hydrogens is 324 g/mol. The highest BCUT2D eigenvalue weighted by Gasteiger charge is 2.54. The molecular formula is C22H28N2O2. The maximum Gasteiger partial charge on any atom is 0.251 e. The van der Waals surface area contributed by atoms with Gasteiger partial charge < -0.3 is 14.6 Å². The summed E-state index contributed by atoms with van der Waals surface area (Å²) in [6.07, 6.45) is 7.78. The molecule has 2 aliphatic rings. The summed E-state index contributed by atoms with van der Waals surface area (Å²) in [5, 5.41) is 3.57. The number of aromatic nitrogens is 1. The second-order valence-electron chi connectivity index (χ2n) is 7.86. The van der Waals surface area contributed by atoms with E-state index in [0.717, 1.165) is 30.6 Å². The van der Waals surface area contributed by atoms with E-state index in [2.05, 4.69) is 5.32 Å². The zero-order valence-electron chi connectivity index (χ0n) is 15.5. The minimum absolute atomic E-state index is 0.0504. The first-order valence-corrected chi connectivity index (χ1v) is 9.70. The highest BCUT2D eigenvalue weighted by atomic mass is 16.5. The lowest BCUT2D eigenvalue weighted by atomic mass is 9.66. The monoisotopic (exact) mass is 352 g/mol. The van der Waals surface area contributed by atoms with Crippen molar-refractivity contribution in [2.24, 2.45) is 5.41 Å². The second-order valence-corrected chi connectivity index (χ2v) is 7.86. The van der Waals surface area contributed by atoms with Gasteiger partial charge in [-0.1, -0.05) is 43.2 Å². The van der Waals surface area contributed by atoms with E-state index >= 15 is 0 Å². The number of ether oxygens (including phenoxy) is 1. The summed E-state index contributed by atoms with van der Waals surface area (Å²) in [4.78, 5) is 12.8. The summed E-state index contributed by atoms with van der Waals surface area (Å²) in [5.41, 5.74) is 1.99. The summed E-state index contributed by atoms with van der Waals surface area (Å²) >= 11 is 0. The zero-order chi connectivity index (χ0) is 18.0. The van der Waals surface area contributed by atoms with Gasteiger partial charge in [-0.15, -0.1) is 0 Å². The third-order valence-electron chi connectivity index (χ3n) is 6.62. The molecule has 1 aromatic carbocycles. The molecule has 2 heterocycles. The van der Waals surface area contributed by atoms with Gasteiger partial charge in [-0.05, 0) is 43.0 Å². The van der Waals surface area contributed by atoms with Crippen LogP contribution in [0.15, 0.2) is 53.5 Å². The molecule has 0 amide bonds. The summed E-state index contributed by atoms with van der Waals surface area (Å²) in [5.74, 6) is 0. The molecule has 26 heavy (non-hydrogen) atoms. The van der Waals surface area contributed by atoms with Crippen molar-refractivity contribution in [2.45, 2.75) is 44.2 Å². The van der Waals surface area contributed by atoms with Crippen molar-refractivity contribution < 1.29 is 4.74 Å². The van der Waals surface area contributed by atoms with Crippen molar-refractivity contribution >= 4 is 0 Å². The predicted molar refractivity (Wildman–Crippen MR) is 104 cm³/mol. The molecule has 1 unspecified atom stereocenters.